The van der Waals surface area contributed by atoms with E-state index in [-0.39, 0.29) is 29.8 Å². The molecule has 0 bridgehead atoms. The van der Waals surface area contributed by atoms with Gasteiger partial charge in [-0.05, 0) is 55.3 Å². The molecule has 1 aliphatic carbocycles. The molecule has 2 aliphatic rings. The highest BCUT2D eigenvalue weighted by Crippen LogP contribution is 2.46. The Hall–Kier alpha value is -1.95. The van der Waals surface area contributed by atoms with Gasteiger partial charge in [0.2, 0.25) is 0 Å². The number of hydrogen-bond acceptors (Lipinski definition) is 3. The molecule has 26 heavy (non-hydrogen) atoms. The van der Waals surface area contributed by atoms with E-state index in [1.165, 1.54) is 17.0 Å². The number of hydrogen-bond donors (Lipinski definition) is 1. The van der Waals surface area contributed by atoms with E-state index in [4.69, 9.17) is 0 Å². The lowest BCUT2D eigenvalue weighted by molar-refractivity contribution is -0.136. The highest BCUT2D eigenvalue weighted by Gasteiger charge is 2.56. The van der Waals surface area contributed by atoms with E-state index >= 15 is 0 Å². The number of halogens is 1. The van der Waals surface area contributed by atoms with Crippen LogP contribution in [0.25, 0.3) is 0 Å². The van der Waals surface area contributed by atoms with Gasteiger partial charge in [-0.2, -0.15) is 0 Å². The highest BCUT2D eigenvalue weighted by atomic mass is 19.1. The van der Waals surface area contributed by atoms with E-state index in [1.807, 2.05) is 11.9 Å². The zero-order valence-corrected chi connectivity index (χ0v) is 16.0. The summed E-state index contributed by atoms with van der Waals surface area (Å²) in [6, 6.07) is 5.94. The van der Waals surface area contributed by atoms with Crippen LogP contribution in [0.5, 0.6) is 0 Å². The predicted molar refractivity (Wildman–Crippen MR) is 97.6 cm³/mol. The van der Waals surface area contributed by atoms with Gasteiger partial charge in [-0.15, -0.1) is 0 Å². The zero-order valence-electron chi connectivity index (χ0n) is 16.0. The Labute approximate surface area is 154 Å². The SMILES string of the molecule is C[C@@H]1CC(C)(C)C[C@]2(C1)NC(=O)N(CN(C)Cc1ccc(F)cc1)C2=O. The molecule has 0 aromatic heterocycles. The number of carbonyl (C=O) groups is 2. The molecule has 1 saturated heterocycles. The van der Waals surface area contributed by atoms with E-state index < -0.39 is 5.54 Å². The first kappa shape index (κ1) is 18.8. The van der Waals surface area contributed by atoms with Crippen LogP contribution in [0.2, 0.25) is 0 Å². The highest BCUT2D eigenvalue weighted by molar-refractivity contribution is 6.07. The lowest BCUT2D eigenvalue weighted by Gasteiger charge is -2.43. The molecule has 1 aliphatic heterocycles. The summed E-state index contributed by atoms with van der Waals surface area (Å²) >= 11 is 0. The lowest BCUT2D eigenvalue weighted by atomic mass is 9.64. The topological polar surface area (TPSA) is 52.7 Å². The molecule has 3 amide bonds. The number of urea groups is 1. The van der Waals surface area contributed by atoms with Gasteiger partial charge in [0, 0.05) is 6.54 Å². The molecule has 1 saturated carbocycles. The molecule has 3 rings (SSSR count). The Kier molecular flexibility index (Phi) is 4.82. The largest absolute Gasteiger partial charge is 0.326 e. The van der Waals surface area contributed by atoms with Crippen LogP contribution in [0.4, 0.5) is 9.18 Å². The summed E-state index contributed by atoms with van der Waals surface area (Å²) in [4.78, 5) is 28.9. The van der Waals surface area contributed by atoms with Crippen LogP contribution >= 0.6 is 0 Å². The average Bonchev–Trinajstić information content (AvgIpc) is 2.71. The molecular formula is C20H28FN3O2. The van der Waals surface area contributed by atoms with Crippen molar-refractivity contribution in [2.75, 3.05) is 13.7 Å². The zero-order chi connectivity index (χ0) is 19.1. The van der Waals surface area contributed by atoms with E-state index in [9.17, 15) is 14.0 Å². The number of imide groups is 1. The number of benzene rings is 1. The maximum Gasteiger partial charge on any atom is 0.326 e. The summed E-state index contributed by atoms with van der Waals surface area (Å²) in [5.41, 5.74) is 0.189. The summed E-state index contributed by atoms with van der Waals surface area (Å²) in [5, 5.41) is 2.99. The Morgan fingerprint density at radius 2 is 1.88 bits per heavy atom. The number of rotatable bonds is 4. The van der Waals surface area contributed by atoms with Crippen molar-refractivity contribution in [1.29, 1.82) is 0 Å². The minimum absolute atomic E-state index is 0.0244. The van der Waals surface area contributed by atoms with Gasteiger partial charge >= 0.3 is 6.03 Å². The Morgan fingerprint density at radius 1 is 1.23 bits per heavy atom. The van der Waals surface area contributed by atoms with Crippen molar-refractivity contribution in [3.05, 3.63) is 35.6 Å². The summed E-state index contributed by atoms with van der Waals surface area (Å²) in [7, 11) is 1.85. The maximum absolute atomic E-state index is 13.1. The van der Waals surface area contributed by atoms with Crippen molar-refractivity contribution in [3.63, 3.8) is 0 Å². The predicted octanol–water partition coefficient (Wildman–Crippen LogP) is 3.35. The molecule has 1 N–H and O–H groups in total. The molecule has 2 fully saturated rings. The third kappa shape index (κ3) is 3.75. The smallest absolute Gasteiger partial charge is 0.323 e. The molecule has 0 unspecified atom stereocenters. The van der Waals surface area contributed by atoms with Gasteiger partial charge in [-0.25, -0.2) is 14.1 Å². The van der Waals surface area contributed by atoms with Gasteiger partial charge in [-0.1, -0.05) is 32.9 Å². The van der Waals surface area contributed by atoms with Crippen LogP contribution in [0.1, 0.15) is 45.6 Å². The minimum atomic E-state index is -0.769. The van der Waals surface area contributed by atoms with Crippen molar-refractivity contribution in [3.8, 4) is 0 Å². The van der Waals surface area contributed by atoms with Crippen LogP contribution in [0, 0.1) is 17.2 Å². The van der Waals surface area contributed by atoms with Crippen LogP contribution < -0.4 is 5.32 Å². The minimum Gasteiger partial charge on any atom is -0.323 e. The second-order valence-corrected chi connectivity index (χ2v) is 8.88. The first-order valence-corrected chi connectivity index (χ1v) is 9.17. The van der Waals surface area contributed by atoms with Crippen molar-refractivity contribution in [1.82, 2.24) is 15.1 Å². The van der Waals surface area contributed by atoms with Gasteiger partial charge in [-0.3, -0.25) is 9.69 Å². The Balaban J connectivity index is 1.70. The van der Waals surface area contributed by atoms with E-state index in [2.05, 4.69) is 26.1 Å². The monoisotopic (exact) mass is 361 g/mol. The second-order valence-electron chi connectivity index (χ2n) is 8.88. The molecule has 0 radical (unpaired) electrons. The number of nitrogens with one attached hydrogen (secondary N) is 1. The normalized spacial score (nSPS) is 28.1. The van der Waals surface area contributed by atoms with E-state index in [0.717, 1.165) is 12.0 Å². The van der Waals surface area contributed by atoms with Crippen molar-refractivity contribution in [2.45, 2.75) is 52.1 Å². The van der Waals surface area contributed by atoms with Crippen LogP contribution in [0.3, 0.4) is 0 Å². The molecule has 6 heteroatoms. The molecule has 2 atom stereocenters. The van der Waals surface area contributed by atoms with Crippen molar-refractivity contribution >= 4 is 11.9 Å². The molecule has 1 heterocycles. The number of amides is 3. The maximum atomic E-state index is 13.1. The van der Waals surface area contributed by atoms with Crippen LogP contribution in [-0.4, -0.2) is 41.0 Å². The van der Waals surface area contributed by atoms with E-state index in [1.54, 1.807) is 12.1 Å². The van der Waals surface area contributed by atoms with Crippen LogP contribution in [0.15, 0.2) is 24.3 Å². The van der Waals surface area contributed by atoms with E-state index in [0.29, 0.717) is 25.3 Å². The first-order chi connectivity index (χ1) is 12.1. The standard InChI is InChI=1S/C20H28FN3O2/c1-14-9-19(2,3)12-20(10-14)17(25)24(18(26)22-20)13-23(4)11-15-5-7-16(21)8-6-15/h5-8,14H,9-13H2,1-4H3,(H,22,26)/t14-,20+/m1/s1. The van der Waals surface area contributed by atoms with Gasteiger partial charge < -0.3 is 5.32 Å². The second kappa shape index (κ2) is 6.65. The molecule has 142 valence electrons. The quantitative estimate of drug-likeness (QED) is 0.837. The van der Waals surface area contributed by atoms with Gasteiger partial charge in [0.15, 0.2) is 0 Å². The Bertz CT molecular complexity index is 704. The fourth-order valence-corrected chi connectivity index (χ4v) is 4.83. The fourth-order valence-electron chi connectivity index (χ4n) is 4.83. The van der Waals surface area contributed by atoms with Crippen LogP contribution in [-0.2, 0) is 11.3 Å². The summed E-state index contributed by atoms with van der Waals surface area (Å²) in [6.07, 6.45) is 2.43. The first-order valence-electron chi connectivity index (χ1n) is 9.17. The lowest BCUT2D eigenvalue weighted by Crippen LogP contribution is -2.54. The third-order valence-corrected chi connectivity index (χ3v) is 5.37. The fraction of sp³-hybridized carbons (Fsp3) is 0.600. The summed E-state index contributed by atoms with van der Waals surface area (Å²) in [5.74, 6) is -0.00514. The van der Waals surface area contributed by atoms with Crippen molar-refractivity contribution in [2.24, 2.45) is 11.3 Å². The van der Waals surface area contributed by atoms with Crippen molar-refractivity contribution < 1.29 is 14.0 Å². The Morgan fingerprint density at radius 3 is 2.50 bits per heavy atom. The molecule has 5 nitrogen and oxygen atoms in total. The summed E-state index contributed by atoms with van der Waals surface area (Å²) in [6.45, 7) is 7.22. The summed E-state index contributed by atoms with van der Waals surface area (Å²) < 4.78 is 13.0. The molecule has 1 aromatic carbocycles. The van der Waals surface area contributed by atoms with Gasteiger partial charge in [0.25, 0.3) is 5.91 Å². The average molecular weight is 361 g/mol. The third-order valence-electron chi connectivity index (χ3n) is 5.37. The molecule has 1 aromatic rings. The number of carbonyl (C=O) groups excluding carboxylic acids is 2. The molecule has 1 spiro atoms. The van der Waals surface area contributed by atoms with Gasteiger partial charge in [0.1, 0.15) is 11.4 Å². The number of nitrogens with zero attached hydrogens (tertiary/aromatic N) is 2. The molecular weight excluding hydrogens is 333 g/mol. The van der Waals surface area contributed by atoms with Gasteiger partial charge in [0.05, 0.1) is 6.67 Å².